The molecule has 2 rings (SSSR count). The summed E-state index contributed by atoms with van der Waals surface area (Å²) < 4.78 is 0. The van der Waals surface area contributed by atoms with E-state index in [0.29, 0.717) is 33.4 Å². The fraction of sp³-hybridized carbons (Fsp3) is 0.294. The predicted octanol–water partition coefficient (Wildman–Crippen LogP) is 2.48. The summed E-state index contributed by atoms with van der Waals surface area (Å²) in [6.07, 6.45) is 0. The van der Waals surface area contributed by atoms with Crippen LogP contribution in [-0.4, -0.2) is 15.3 Å². The van der Waals surface area contributed by atoms with Crippen LogP contribution in [0.4, 0.5) is 0 Å². The SMILES string of the molecule is Cc1cc(O)cc(C)c1C(N)(O)c1c(C)cc(O)cc1C. The Labute approximate surface area is 124 Å². The van der Waals surface area contributed by atoms with Crippen molar-refractivity contribution in [3.8, 4) is 11.5 Å². The van der Waals surface area contributed by atoms with Gasteiger partial charge in [0.1, 0.15) is 11.5 Å². The van der Waals surface area contributed by atoms with E-state index in [-0.39, 0.29) is 11.5 Å². The van der Waals surface area contributed by atoms with Gasteiger partial charge >= 0.3 is 0 Å². The molecule has 0 unspecified atom stereocenters. The van der Waals surface area contributed by atoms with Crippen LogP contribution in [0.3, 0.4) is 0 Å². The molecule has 0 saturated carbocycles. The first kappa shape index (κ1) is 15.4. The molecule has 0 saturated heterocycles. The molecule has 0 heterocycles. The molecule has 0 bridgehead atoms. The zero-order chi connectivity index (χ0) is 15.9. The fourth-order valence-corrected chi connectivity index (χ4v) is 3.21. The van der Waals surface area contributed by atoms with Crippen molar-refractivity contribution in [1.29, 1.82) is 0 Å². The first-order valence-electron chi connectivity index (χ1n) is 6.77. The Kier molecular flexibility index (Phi) is 3.70. The second kappa shape index (κ2) is 5.06. The van der Waals surface area contributed by atoms with E-state index in [9.17, 15) is 15.3 Å². The largest absolute Gasteiger partial charge is 0.508 e. The fourth-order valence-electron chi connectivity index (χ4n) is 3.21. The van der Waals surface area contributed by atoms with Gasteiger partial charge in [-0.15, -0.1) is 0 Å². The van der Waals surface area contributed by atoms with E-state index in [1.165, 1.54) is 0 Å². The molecule has 0 amide bonds. The molecule has 5 N–H and O–H groups in total. The second-order valence-electron chi connectivity index (χ2n) is 5.68. The van der Waals surface area contributed by atoms with Crippen molar-refractivity contribution in [3.63, 3.8) is 0 Å². The number of aromatic hydroxyl groups is 2. The van der Waals surface area contributed by atoms with Crippen LogP contribution < -0.4 is 5.73 Å². The Morgan fingerprint density at radius 3 is 1.19 bits per heavy atom. The zero-order valence-corrected chi connectivity index (χ0v) is 12.7. The third-order valence-electron chi connectivity index (χ3n) is 3.80. The molecule has 0 aliphatic carbocycles. The van der Waals surface area contributed by atoms with Crippen LogP contribution in [0, 0.1) is 27.7 Å². The van der Waals surface area contributed by atoms with Gasteiger partial charge < -0.3 is 15.3 Å². The molecule has 0 aromatic heterocycles. The molecule has 0 aliphatic heterocycles. The maximum Gasteiger partial charge on any atom is 0.167 e. The number of hydrogen-bond acceptors (Lipinski definition) is 4. The number of benzene rings is 2. The number of phenolic OH excluding ortho intramolecular Hbond substituents is 2. The molecule has 0 atom stereocenters. The van der Waals surface area contributed by atoms with Crippen LogP contribution in [0.25, 0.3) is 0 Å². The number of hydrogen-bond donors (Lipinski definition) is 4. The minimum absolute atomic E-state index is 0.142. The molecular weight excluding hydrogens is 266 g/mol. The summed E-state index contributed by atoms with van der Waals surface area (Å²) in [6, 6.07) is 6.30. The summed E-state index contributed by atoms with van der Waals surface area (Å²) in [5.74, 6) is 0.285. The van der Waals surface area contributed by atoms with Gasteiger partial charge in [-0.05, 0) is 74.2 Å². The van der Waals surface area contributed by atoms with Crippen molar-refractivity contribution in [2.75, 3.05) is 0 Å². The normalized spacial score (nSPS) is 11.7. The molecule has 2 aromatic rings. The lowest BCUT2D eigenvalue weighted by atomic mass is 9.84. The van der Waals surface area contributed by atoms with Crippen LogP contribution in [0.1, 0.15) is 33.4 Å². The third-order valence-corrected chi connectivity index (χ3v) is 3.80. The zero-order valence-electron chi connectivity index (χ0n) is 12.7. The monoisotopic (exact) mass is 287 g/mol. The minimum atomic E-state index is -1.69. The van der Waals surface area contributed by atoms with Gasteiger partial charge in [0.2, 0.25) is 0 Å². The standard InChI is InChI=1S/C17H21NO3/c1-9-5-13(19)6-10(2)15(9)17(18,21)16-11(3)7-14(20)8-12(16)4/h5-8,19-21H,18H2,1-4H3. The van der Waals surface area contributed by atoms with Crippen LogP contribution in [0.5, 0.6) is 11.5 Å². The van der Waals surface area contributed by atoms with Crippen LogP contribution >= 0.6 is 0 Å². The van der Waals surface area contributed by atoms with E-state index in [4.69, 9.17) is 5.73 Å². The minimum Gasteiger partial charge on any atom is -0.508 e. The van der Waals surface area contributed by atoms with Gasteiger partial charge in [-0.2, -0.15) is 0 Å². The van der Waals surface area contributed by atoms with Crippen LogP contribution in [-0.2, 0) is 5.72 Å². The Hall–Kier alpha value is -2.04. The number of rotatable bonds is 2. The van der Waals surface area contributed by atoms with Gasteiger partial charge in [0.25, 0.3) is 0 Å². The van der Waals surface area contributed by atoms with Gasteiger partial charge in [0, 0.05) is 11.1 Å². The number of phenols is 2. The highest BCUT2D eigenvalue weighted by molar-refractivity contribution is 5.52. The molecule has 0 radical (unpaired) electrons. The maximum atomic E-state index is 11.0. The third kappa shape index (κ3) is 2.60. The molecule has 112 valence electrons. The van der Waals surface area contributed by atoms with Crippen LogP contribution in [0.15, 0.2) is 24.3 Å². The molecular formula is C17H21NO3. The first-order valence-corrected chi connectivity index (χ1v) is 6.77. The number of aryl methyl sites for hydroxylation is 4. The van der Waals surface area contributed by atoms with E-state index < -0.39 is 5.72 Å². The van der Waals surface area contributed by atoms with E-state index in [0.717, 1.165) is 0 Å². The molecule has 4 nitrogen and oxygen atoms in total. The average Bonchev–Trinajstić information content (AvgIpc) is 2.23. The Balaban J connectivity index is 2.74. The summed E-state index contributed by atoms with van der Waals surface area (Å²) >= 11 is 0. The smallest absolute Gasteiger partial charge is 0.167 e. The van der Waals surface area contributed by atoms with Gasteiger partial charge in [-0.3, -0.25) is 5.73 Å². The van der Waals surface area contributed by atoms with E-state index in [2.05, 4.69) is 0 Å². The lowest BCUT2D eigenvalue weighted by Crippen LogP contribution is -2.40. The predicted molar refractivity (Wildman–Crippen MR) is 82.3 cm³/mol. The Bertz CT molecular complexity index is 600. The summed E-state index contributed by atoms with van der Waals surface area (Å²) in [4.78, 5) is 0. The van der Waals surface area contributed by atoms with Crippen LogP contribution in [0.2, 0.25) is 0 Å². The van der Waals surface area contributed by atoms with Crippen molar-refractivity contribution in [1.82, 2.24) is 0 Å². The summed E-state index contributed by atoms with van der Waals surface area (Å²) in [5, 5.41) is 30.3. The quantitative estimate of drug-likeness (QED) is 0.639. The lowest BCUT2D eigenvalue weighted by Gasteiger charge is -2.31. The molecule has 2 aromatic carbocycles. The Morgan fingerprint density at radius 1 is 0.714 bits per heavy atom. The molecule has 0 spiro atoms. The summed E-state index contributed by atoms with van der Waals surface area (Å²) in [7, 11) is 0. The van der Waals surface area contributed by atoms with Crippen molar-refractivity contribution in [2.45, 2.75) is 33.4 Å². The van der Waals surface area contributed by atoms with E-state index in [1.807, 2.05) is 0 Å². The molecule has 21 heavy (non-hydrogen) atoms. The summed E-state index contributed by atoms with van der Waals surface area (Å²) in [5.41, 5.74) is 8.55. The van der Waals surface area contributed by atoms with Gasteiger partial charge in [0.15, 0.2) is 5.72 Å². The van der Waals surface area contributed by atoms with Crippen molar-refractivity contribution in [3.05, 3.63) is 57.6 Å². The molecule has 4 heteroatoms. The van der Waals surface area contributed by atoms with E-state index in [1.54, 1.807) is 52.0 Å². The van der Waals surface area contributed by atoms with E-state index >= 15 is 0 Å². The molecule has 0 aliphatic rings. The van der Waals surface area contributed by atoms with Gasteiger partial charge in [-0.1, -0.05) is 0 Å². The molecule has 0 fully saturated rings. The van der Waals surface area contributed by atoms with Gasteiger partial charge in [-0.25, -0.2) is 0 Å². The average molecular weight is 287 g/mol. The number of aliphatic hydroxyl groups is 1. The summed E-state index contributed by atoms with van der Waals surface area (Å²) in [6.45, 7) is 7.19. The maximum absolute atomic E-state index is 11.0. The van der Waals surface area contributed by atoms with Crippen molar-refractivity contribution >= 4 is 0 Å². The first-order chi connectivity index (χ1) is 9.64. The lowest BCUT2D eigenvalue weighted by molar-refractivity contribution is 0.0856. The highest BCUT2D eigenvalue weighted by Crippen LogP contribution is 2.36. The topological polar surface area (TPSA) is 86.7 Å². The highest BCUT2D eigenvalue weighted by Gasteiger charge is 2.33. The Morgan fingerprint density at radius 2 is 0.952 bits per heavy atom. The van der Waals surface area contributed by atoms with Crippen molar-refractivity contribution < 1.29 is 15.3 Å². The highest BCUT2D eigenvalue weighted by atomic mass is 16.3. The second-order valence-corrected chi connectivity index (χ2v) is 5.68. The number of nitrogens with two attached hydrogens (primary N) is 1. The van der Waals surface area contributed by atoms with Crippen molar-refractivity contribution in [2.24, 2.45) is 5.73 Å². The van der Waals surface area contributed by atoms with Gasteiger partial charge in [0.05, 0.1) is 0 Å².